The van der Waals surface area contributed by atoms with Gasteiger partial charge in [0.1, 0.15) is 0 Å². The fraction of sp³-hybridized carbons (Fsp3) is 0.133. The van der Waals surface area contributed by atoms with E-state index in [1.165, 1.54) is 4.88 Å². The molecule has 102 valence electrons. The average molecular weight is 304 g/mol. The van der Waals surface area contributed by atoms with E-state index in [2.05, 4.69) is 29.3 Å². The molecule has 0 fully saturated rings. The number of aromatic nitrogens is 2. The average Bonchev–Trinajstić information content (AvgIpc) is 3.04. The molecule has 0 saturated carbocycles. The second kappa shape index (κ2) is 5.31. The Kier molecular flexibility index (Phi) is 3.51. The molecule has 3 nitrogen and oxygen atoms in total. The van der Waals surface area contributed by atoms with Crippen LogP contribution in [0.25, 0.3) is 21.7 Å². The van der Waals surface area contributed by atoms with Gasteiger partial charge in [0.05, 0.1) is 16.1 Å². The van der Waals surface area contributed by atoms with Gasteiger partial charge in [-0.05, 0) is 36.2 Å². The van der Waals surface area contributed by atoms with Crippen molar-refractivity contribution in [3.63, 3.8) is 0 Å². The fourth-order valence-corrected chi connectivity index (χ4v) is 3.31. The number of rotatable bonds is 3. The number of hydrogen-bond acceptors (Lipinski definition) is 3. The van der Waals surface area contributed by atoms with Crippen molar-refractivity contribution in [2.75, 3.05) is 5.73 Å². The summed E-state index contributed by atoms with van der Waals surface area (Å²) in [5.41, 5.74) is 8.86. The molecule has 0 radical (unpaired) electrons. The molecule has 0 amide bonds. The summed E-state index contributed by atoms with van der Waals surface area (Å²) in [7, 11) is 0. The van der Waals surface area contributed by atoms with Crippen LogP contribution in [0.2, 0.25) is 5.02 Å². The highest BCUT2D eigenvalue weighted by Gasteiger charge is 2.16. The highest BCUT2D eigenvalue weighted by Crippen LogP contribution is 2.38. The third-order valence-corrected chi connectivity index (χ3v) is 4.65. The van der Waals surface area contributed by atoms with E-state index in [0.29, 0.717) is 10.8 Å². The van der Waals surface area contributed by atoms with Crippen molar-refractivity contribution < 1.29 is 0 Å². The van der Waals surface area contributed by atoms with Crippen LogP contribution in [0.1, 0.15) is 11.8 Å². The van der Waals surface area contributed by atoms with E-state index in [-0.39, 0.29) is 0 Å². The van der Waals surface area contributed by atoms with Crippen molar-refractivity contribution in [3.05, 3.63) is 46.3 Å². The Balaban J connectivity index is 2.14. The van der Waals surface area contributed by atoms with Gasteiger partial charge in [-0.3, -0.25) is 5.10 Å². The Morgan fingerprint density at radius 2 is 2.15 bits per heavy atom. The van der Waals surface area contributed by atoms with Crippen molar-refractivity contribution >= 4 is 28.8 Å². The highest BCUT2D eigenvalue weighted by atomic mass is 35.5. The number of benzene rings is 1. The minimum absolute atomic E-state index is 0.494. The summed E-state index contributed by atoms with van der Waals surface area (Å²) in [4.78, 5) is 2.48. The molecule has 3 N–H and O–H groups in total. The van der Waals surface area contributed by atoms with Crippen LogP contribution in [0.5, 0.6) is 0 Å². The van der Waals surface area contributed by atoms with E-state index in [1.54, 1.807) is 11.3 Å². The molecule has 2 aromatic heterocycles. The van der Waals surface area contributed by atoms with Crippen molar-refractivity contribution in [1.82, 2.24) is 10.2 Å². The lowest BCUT2D eigenvalue weighted by molar-refractivity contribution is 1.11. The first-order chi connectivity index (χ1) is 9.69. The van der Waals surface area contributed by atoms with Crippen molar-refractivity contribution in [3.8, 4) is 21.7 Å². The number of nitrogens with two attached hydrogens (primary N) is 1. The van der Waals surface area contributed by atoms with E-state index < -0.39 is 0 Å². The molecule has 0 bridgehead atoms. The van der Waals surface area contributed by atoms with Crippen molar-refractivity contribution in [1.29, 1.82) is 0 Å². The lowest BCUT2D eigenvalue weighted by Crippen LogP contribution is -1.88. The molecule has 2 heterocycles. The van der Waals surface area contributed by atoms with Gasteiger partial charge in [0, 0.05) is 9.90 Å². The highest BCUT2D eigenvalue weighted by molar-refractivity contribution is 7.15. The molecule has 0 atom stereocenters. The van der Waals surface area contributed by atoms with Crippen LogP contribution in [0.4, 0.5) is 5.82 Å². The molecule has 20 heavy (non-hydrogen) atoms. The standard InChI is InChI=1S/C15H14ClN3S/c1-2-11-6-7-12(20-11)14-13(15(17)19-18-14)9-4-3-5-10(16)8-9/h3-8H,2H2,1H3,(H3,17,18,19). The van der Waals surface area contributed by atoms with E-state index in [0.717, 1.165) is 28.1 Å². The van der Waals surface area contributed by atoms with Gasteiger partial charge in [-0.15, -0.1) is 11.3 Å². The SMILES string of the molecule is CCc1ccc(-c2[nH]nc(N)c2-c2cccc(Cl)c2)s1. The van der Waals surface area contributed by atoms with Crippen LogP contribution in [0.3, 0.4) is 0 Å². The minimum atomic E-state index is 0.494. The number of nitrogens with one attached hydrogen (secondary N) is 1. The van der Waals surface area contributed by atoms with Crippen LogP contribution in [-0.4, -0.2) is 10.2 Å². The van der Waals surface area contributed by atoms with Crippen LogP contribution in [0.15, 0.2) is 36.4 Å². The minimum Gasteiger partial charge on any atom is -0.382 e. The molecule has 3 aromatic rings. The van der Waals surface area contributed by atoms with Crippen LogP contribution in [-0.2, 0) is 6.42 Å². The molecular formula is C15H14ClN3S. The number of aryl methyl sites for hydroxylation is 1. The first kappa shape index (κ1) is 13.2. The number of nitrogens with zero attached hydrogens (tertiary/aromatic N) is 1. The van der Waals surface area contributed by atoms with Crippen molar-refractivity contribution in [2.24, 2.45) is 0 Å². The van der Waals surface area contributed by atoms with Crippen molar-refractivity contribution in [2.45, 2.75) is 13.3 Å². The molecule has 0 aliphatic rings. The number of halogens is 1. The lowest BCUT2D eigenvalue weighted by Gasteiger charge is -2.03. The summed E-state index contributed by atoms with van der Waals surface area (Å²) in [5.74, 6) is 0.494. The van der Waals surface area contributed by atoms with E-state index >= 15 is 0 Å². The summed E-state index contributed by atoms with van der Waals surface area (Å²) in [6.07, 6.45) is 1.03. The van der Waals surface area contributed by atoms with Crippen LogP contribution in [0, 0.1) is 0 Å². The second-order valence-electron chi connectivity index (χ2n) is 4.49. The molecule has 0 spiro atoms. The molecule has 5 heteroatoms. The molecule has 0 aliphatic carbocycles. The van der Waals surface area contributed by atoms with Gasteiger partial charge in [-0.25, -0.2) is 0 Å². The number of aromatic amines is 1. The number of anilines is 1. The number of H-pyrrole nitrogens is 1. The molecule has 0 aliphatic heterocycles. The first-order valence-electron chi connectivity index (χ1n) is 6.38. The predicted molar refractivity (Wildman–Crippen MR) is 86.1 cm³/mol. The fourth-order valence-electron chi connectivity index (χ4n) is 2.17. The third kappa shape index (κ3) is 2.32. The number of hydrogen-bond donors (Lipinski definition) is 2. The third-order valence-electron chi connectivity index (χ3n) is 3.16. The molecule has 0 unspecified atom stereocenters. The van der Waals surface area contributed by atoms with Gasteiger partial charge >= 0.3 is 0 Å². The summed E-state index contributed by atoms with van der Waals surface area (Å²) in [6.45, 7) is 2.15. The summed E-state index contributed by atoms with van der Waals surface area (Å²) < 4.78 is 0. The smallest absolute Gasteiger partial charge is 0.153 e. The van der Waals surface area contributed by atoms with Gasteiger partial charge in [-0.1, -0.05) is 30.7 Å². The Labute approximate surface area is 126 Å². The monoisotopic (exact) mass is 303 g/mol. The topological polar surface area (TPSA) is 54.7 Å². The van der Waals surface area contributed by atoms with Gasteiger partial charge in [-0.2, -0.15) is 5.10 Å². The largest absolute Gasteiger partial charge is 0.382 e. The van der Waals surface area contributed by atoms with Gasteiger partial charge < -0.3 is 5.73 Å². The number of thiophene rings is 1. The normalized spacial score (nSPS) is 10.9. The van der Waals surface area contributed by atoms with E-state index in [1.807, 2.05) is 24.3 Å². The molecular weight excluding hydrogens is 290 g/mol. The zero-order valence-electron chi connectivity index (χ0n) is 11.0. The Morgan fingerprint density at radius 3 is 2.85 bits per heavy atom. The second-order valence-corrected chi connectivity index (χ2v) is 6.09. The van der Waals surface area contributed by atoms with E-state index in [9.17, 15) is 0 Å². The zero-order valence-corrected chi connectivity index (χ0v) is 12.6. The summed E-state index contributed by atoms with van der Waals surface area (Å²) >= 11 is 7.82. The lowest BCUT2D eigenvalue weighted by atomic mass is 10.0. The predicted octanol–water partition coefficient (Wildman–Crippen LogP) is 4.60. The Morgan fingerprint density at radius 1 is 1.30 bits per heavy atom. The Bertz CT molecular complexity index is 745. The van der Waals surface area contributed by atoms with Gasteiger partial charge in [0.2, 0.25) is 0 Å². The summed E-state index contributed by atoms with van der Waals surface area (Å²) in [5, 5.41) is 7.88. The molecule has 1 aromatic carbocycles. The molecule has 0 saturated heterocycles. The Hall–Kier alpha value is -1.78. The van der Waals surface area contributed by atoms with Gasteiger partial charge in [0.25, 0.3) is 0 Å². The molecule has 3 rings (SSSR count). The summed E-state index contributed by atoms with van der Waals surface area (Å²) in [6, 6.07) is 11.9. The quantitative estimate of drug-likeness (QED) is 0.742. The van der Waals surface area contributed by atoms with E-state index in [4.69, 9.17) is 17.3 Å². The first-order valence-corrected chi connectivity index (χ1v) is 7.57. The van der Waals surface area contributed by atoms with Gasteiger partial charge in [0.15, 0.2) is 5.82 Å². The van der Waals surface area contributed by atoms with Crippen LogP contribution < -0.4 is 5.73 Å². The van der Waals surface area contributed by atoms with Crippen LogP contribution >= 0.6 is 22.9 Å². The number of nitrogen functional groups attached to an aromatic ring is 1. The zero-order chi connectivity index (χ0) is 14.1. The maximum atomic E-state index is 6.07. The maximum absolute atomic E-state index is 6.07. The maximum Gasteiger partial charge on any atom is 0.153 e.